The Bertz CT molecular complexity index is 1080. The van der Waals surface area contributed by atoms with Gasteiger partial charge in [-0.2, -0.15) is 4.31 Å². The van der Waals surface area contributed by atoms with Crippen molar-refractivity contribution >= 4 is 31.8 Å². The highest BCUT2D eigenvalue weighted by atomic mass is 32.2. The van der Waals surface area contributed by atoms with E-state index >= 15 is 0 Å². The zero-order chi connectivity index (χ0) is 19.7. The second-order valence-electron chi connectivity index (χ2n) is 7.60. The number of aromatic nitrogens is 1. The van der Waals surface area contributed by atoms with E-state index in [4.69, 9.17) is 0 Å². The van der Waals surface area contributed by atoms with Crippen LogP contribution in [0.25, 0.3) is 21.8 Å². The fourth-order valence-corrected chi connectivity index (χ4v) is 5.84. The summed E-state index contributed by atoms with van der Waals surface area (Å²) in [7, 11) is -3.08. The standard InChI is InChI=1S/C22H29N3O2S/c1-3-15-28(26,27)24-13-11-23(12-14-24)17-18-9-10-22-20(16-18)19-7-5-6-8-21(19)25(22)4-2/h5-10,16H,3-4,11-15,17H2,1-2H3. The number of hydrogen-bond acceptors (Lipinski definition) is 3. The molecule has 2 aromatic carbocycles. The van der Waals surface area contributed by atoms with Crippen molar-refractivity contribution in [3.8, 4) is 0 Å². The normalized spacial score (nSPS) is 16.9. The molecule has 1 fully saturated rings. The molecule has 4 rings (SSSR count). The Balaban J connectivity index is 1.53. The molecule has 1 aliphatic rings. The van der Waals surface area contributed by atoms with Crippen molar-refractivity contribution in [2.24, 2.45) is 0 Å². The smallest absolute Gasteiger partial charge is 0.214 e. The first-order valence-electron chi connectivity index (χ1n) is 10.2. The van der Waals surface area contributed by atoms with Gasteiger partial charge in [0.25, 0.3) is 0 Å². The van der Waals surface area contributed by atoms with Gasteiger partial charge in [0.2, 0.25) is 10.0 Å². The molecule has 6 heteroatoms. The van der Waals surface area contributed by atoms with Crippen molar-refractivity contribution in [1.29, 1.82) is 0 Å². The Morgan fingerprint density at radius 1 is 0.893 bits per heavy atom. The molecule has 1 saturated heterocycles. The molecule has 1 aromatic heterocycles. The van der Waals surface area contributed by atoms with Gasteiger partial charge in [-0.25, -0.2) is 8.42 Å². The molecule has 5 nitrogen and oxygen atoms in total. The molecule has 28 heavy (non-hydrogen) atoms. The summed E-state index contributed by atoms with van der Waals surface area (Å²) in [5, 5.41) is 2.61. The number of benzene rings is 2. The molecule has 3 aromatic rings. The minimum atomic E-state index is -3.08. The van der Waals surface area contributed by atoms with Crippen molar-refractivity contribution in [2.75, 3.05) is 31.9 Å². The Morgan fingerprint density at radius 2 is 1.61 bits per heavy atom. The average Bonchev–Trinajstić information content (AvgIpc) is 3.01. The summed E-state index contributed by atoms with van der Waals surface area (Å²) in [6, 6.07) is 15.3. The van der Waals surface area contributed by atoms with Crippen molar-refractivity contribution in [1.82, 2.24) is 13.8 Å². The van der Waals surface area contributed by atoms with Gasteiger partial charge in [0.05, 0.1) is 5.75 Å². The van der Waals surface area contributed by atoms with Gasteiger partial charge < -0.3 is 4.57 Å². The van der Waals surface area contributed by atoms with Gasteiger partial charge in [-0.3, -0.25) is 4.90 Å². The van der Waals surface area contributed by atoms with Gasteiger partial charge >= 0.3 is 0 Å². The van der Waals surface area contributed by atoms with Gasteiger partial charge in [-0.15, -0.1) is 0 Å². The third kappa shape index (κ3) is 3.56. The summed E-state index contributed by atoms with van der Waals surface area (Å²) in [5.41, 5.74) is 3.85. The Hall–Kier alpha value is -1.89. The predicted molar refractivity (Wildman–Crippen MR) is 116 cm³/mol. The summed E-state index contributed by atoms with van der Waals surface area (Å²) >= 11 is 0. The fraction of sp³-hybridized carbons (Fsp3) is 0.455. The number of sulfonamides is 1. The van der Waals surface area contributed by atoms with Gasteiger partial charge in [0, 0.05) is 61.1 Å². The zero-order valence-corrected chi connectivity index (χ0v) is 17.6. The zero-order valence-electron chi connectivity index (χ0n) is 16.8. The monoisotopic (exact) mass is 399 g/mol. The van der Waals surface area contributed by atoms with Crippen LogP contribution in [-0.4, -0.2) is 54.1 Å². The molecule has 0 amide bonds. The van der Waals surface area contributed by atoms with E-state index in [1.165, 1.54) is 27.4 Å². The lowest BCUT2D eigenvalue weighted by atomic mass is 10.1. The topological polar surface area (TPSA) is 45.6 Å². The van der Waals surface area contributed by atoms with Crippen LogP contribution < -0.4 is 0 Å². The number of fused-ring (bicyclic) bond motifs is 3. The number of piperazine rings is 1. The van der Waals surface area contributed by atoms with Gasteiger partial charge in [0.1, 0.15) is 0 Å². The third-order valence-corrected chi connectivity index (χ3v) is 7.82. The Morgan fingerprint density at radius 3 is 2.32 bits per heavy atom. The molecular formula is C22H29N3O2S. The van der Waals surface area contributed by atoms with Crippen LogP contribution in [0.3, 0.4) is 0 Å². The van der Waals surface area contributed by atoms with Crippen LogP contribution in [0.5, 0.6) is 0 Å². The predicted octanol–water partition coefficient (Wildman–Crippen LogP) is 3.67. The Kier molecular flexibility index (Phi) is 5.45. The van der Waals surface area contributed by atoms with E-state index in [1.807, 2.05) is 6.92 Å². The molecule has 0 unspecified atom stereocenters. The average molecular weight is 400 g/mol. The van der Waals surface area contributed by atoms with Crippen LogP contribution in [0.4, 0.5) is 0 Å². The van der Waals surface area contributed by atoms with Gasteiger partial charge in [-0.05, 0) is 37.1 Å². The molecule has 0 aliphatic carbocycles. The maximum absolute atomic E-state index is 12.3. The number of para-hydroxylation sites is 1. The summed E-state index contributed by atoms with van der Waals surface area (Å²) in [6.45, 7) is 8.70. The fourth-order valence-electron chi connectivity index (χ4n) is 4.35. The summed E-state index contributed by atoms with van der Waals surface area (Å²) < 4.78 is 28.5. The second kappa shape index (κ2) is 7.85. The van der Waals surface area contributed by atoms with E-state index in [-0.39, 0.29) is 5.75 Å². The van der Waals surface area contributed by atoms with E-state index in [0.29, 0.717) is 19.5 Å². The lowest BCUT2D eigenvalue weighted by Crippen LogP contribution is -2.48. The molecule has 0 saturated carbocycles. The van der Waals surface area contributed by atoms with Crippen molar-refractivity contribution < 1.29 is 8.42 Å². The SMILES string of the molecule is CCCS(=O)(=O)N1CCN(Cc2ccc3c(c2)c2ccccc2n3CC)CC1. The first kappa shape index (κ1) is 19.4. The lowest BCUT2D eigenvalue weighted by molar-refractivity contribution is 0.181. The van der Waals surface area contributed by atoms with Crippen LogP contribution in [0.15, 0.2) is 42.5 Å². The largest absolute Gasteiger partial charge is 0.341 e. The molecule has 0 atom stereocenters. The van der Waals surface area contributed by atoms with Crippen LogP contribution in [0.2, 0.25) is 0 Å². The van der Waals surface area contributed by atoms with E-state index in [9.17, 15) is 8.42 Å². The number of nitrogens with zero attached hydrogens (tertiary/aromatic N) is 3. The molecule has 2 heterocycles. The van der Waals surface area contributed by atoms with E-state index in [2.05, 4.69) is 58.9 Å². The molecule has 0 N–H and O–H groups in total. The highest BCUT2D eigenvalue weighted by molar-refractivity contribution is 7.89. The maximum atomic E-state index is 12.3. The van der Waals surface area contributed by atoms with Crippen molar-refractivity contribution in [3.05, 3.63) is 48.0 Å². The summed E-state index contributed by atoms with van der Waals surface area (Å²) in [5.74, 6) is 0.255. The van der Waals surface area contributed by atoms with Gasteiger partial charge in [-0.1, -0.05) is 31.2 Å². The lowest BCUT2D eigenvalue weighted by Gasteiger charge is -2.34. The highest BCUT2D eigenvalue weighted by Gasteiger charge is 2.26. The maximum Gasteiger partial charge on any atom is 0.214 e. The molecule has 0 spiro atoms. The van der Waals surface area contributed by atoms with Crippen LogP contribution >= 0.6 is 0 Å². The van der Waals surface area contributed by atoms with E-state index < -0.39 is 10.0 Å². The van der Waals surface area contributed by atoms with Crippen molar-refractivity contribution in [2.45, 2.75) is 33.4 Å². The first-order chi connectivity index (χ1) is 13.5. The second-order valence-corrected chi connectivity index (χ2v) is 9.69. The molecule has 150 valence electrons. The van der Waals surface area contributed by atoms with Crippen molar-refractivity contribution in [3.63, 3.8) is 0 Å². The first-order valence-corrected chi connectivity index (χ1v) is 11.8. The highest BCUT2D eigenvalue weighted by Crippen LogP contribution is 2.30. The molecule has 1 aliphatic heterocycles. The summed E-state index contributed by atoms with van der Waals surface area (Å²) in [6.07, 6.45) is 0.675. The molecular weight excluding hydrogens is 370 g/mol. The number of aryl methyl sites for hydroxylation is 1. The third-order valence-electron chi connectivity index (χ3n) is 5.75. The van der Waals surface area contributed by atoms with Gasteiger partial charge in [0.15, 0.2) is 0 Å². The minimum absolute atomic E-state index is 0.255. The van der Waals surface area contributed by atoms with Crippen LogP contribution in [0.1, 0.15) is 25.8 Å². The summed E-state index contributed by atoms with van der Waals surface area (Å²) in [4.78, 5) is 2.36. The molecule has 0 bridgehead atoms. The quantitative estimate of drug-likeness (QED) is 0.635. The van der Waals surface area contributed by atoms with E-state index in [0.717, 1.165) is 26.2 Å². The van der Waals surface area contributed by atoms with E-state index in [1.54, 1.807) is 4.31 Å². The van der Waals surface area contributed by atoms with Crippen LogP contribution in [0, 0.1) is 0 Å². The number of rotatable bonds is 6. The number of hydrogen-bond donors (Lipinski definition) is 0. The Labute approximate surface area is 167 Å². The minimum Gasteiger partial charge on any atom is -0.341 e. The molecule has 0 radical (unpaired) electrons. The van der Waals surface area contributed by atoms with Crippen LogP contribution in [-0.2, 0) is 23.1 Å².